The largest absolute Gasteiger partial charge is 0.508 e. The molecule has 0 aromatic heterocycles. The first-order valence-electron chi connectivity index (χ1n) is 5.00. The molecule has 1 unspecified atom stereocenters. The minimum absolute atomic E-state index is 0.0845. The molecule has 4 heteroatoms. The van der Waals surface area contributed by atoms with Gasteiger partial charge < -0.3 is 15.5 Å². The van der Waals surface area contributed by atoms with Gasteiger partial charge in [0.2, 0.25) is 5.91 Å². The highest BCUT2D eigenvalue weighted by molar-refractivity contribution is 5.91. The van der Waals surface area contributed by atoms with Crippen molar-refractivity contribution in [1.29, 1.82) is 0 Å². The van der Waals surface area contributed by atoms with Crippen LogP contribution in [-0.4, -0.2) is 28.8 Å². The van der Waals surface area contributed by atoms with Crippen LogP contribution < -0.4 is 5.32 Å². The number of hydrogen-bond donors (Lipinski definition) is 3. The Morgan fingerprint density at radius 1 is 1.44 bits per heavy atom. The summed E-state index contributed by atoms with van der Waals surface area (Å²) in [4.78, 5) is 11.3. The number of amides is 1. The van der Waals surface area contributed by atoms with E-state index in [2.05, 4.69) is 5.32 Å². The monoisotopic (exact) mass is 221 g/mol. The van der Waals surface area contributed by atoms with Gasteiger partial charge >= 0.3 is 0 Å². The molecule has 0 aliphatic carbocycles. The number of phenolic OH excluding ortho intramolecular Hbond substituents is 1. The third kappa shape index (κ3) is 4.14. The van der Waals surface area contributed by atoms with Crippen LogP contribution >= 0.6 is 0 Å². The van der Waals surface area contributed by atoms with Crippen LogP contribution in [0.2, 0.25) is 0 Å². The van der Waals surface area contributed by atoms with Crippen molar-refractivity contribution in [3.8, 4) is 5.75 Å². The van der Waals surface area contributed by atoms with Gasteiger partial charge in [0.25, 0.3) is 0 Å². The zero-order valence-corrected chi connectivity index (χ0v) is 9.05. The number of carbonyl (C=O) groups is 1. The highest BCUT2D eigenvalue weighted by Gasteiger charge is 2.01. The molecule has 86 valence electrons. The molecule has 0 fully saturated rings. The number of aliphatic hydroxyl groups excluding tert-OH is 1. The molecule has 1 rings (SSSR count). The Morgan fingerprint density at radius 3 is 2.62 bits per heavy atom. The molecule has 4 nitrogen and oxygen atoms in total. The summed E-state index contributed by atoms with van der Waals surface area (Å²) in [6.07, 6.45) is 3.03. The summed E-state index contributed by atoms with van der Waals surface area (Å²) in [5, 5.41) is 20.4. The number of hydrogen-bond acceptors (Lipinski definition) is 3. The minimum Gasteiger partial charge on any atom is -0.508 e. The van der Waals surface area contributed by atoms with Gasteiger partial charge in [-0.05, 0) is 30.7 Å². The number of rotatable bonds is 4. The second kappa shape index (κ2) is 5.92. The van der Waals surface area contributed by atoms with Gasteiger partial charge in [0.15, 0.2) is 0 Å². The molecule has 0 aliphatic heterocycles. The maximum atomic E-state index is 11.3. The van der Waals surface area contributed by atoms with Crippen molar-refractivity contribution in [3.63, 3.8) is 0 Å². The second-order valence-corrected chi connectivity index (χ2v) is 3.52. The van der Waals surface area contributed by atoms with Gasteiger partial charge in [-0.1, -0.05) is 12.1 Å². The van der Waals surface area contributed by atoms with Gasteiger partial charge in [0.1, 0.15) is 5.75 Å². The molecule has 0 radical (unpaired) electrons. The summed E-state index contributed by atoms with van der Waals surface area (Å²) >= 11 is 0. The lowest BCUT2D eigenvalue weighted by molar-refractivity contribution is -0.117. The van der Waals surface area contributed by atoms with Crippen LogP contribution in [-0.2, 0) is 4.79 Å². The molecule has 0 aliphatic rings. The van der Waals surface area contributed by atoms with Crippen molar-refractivity contribution in [2.75, 3.05) is 6.61 Å². The number of carbonyl (C=O) groups excluding carboxylic acids is 1. The molecular formula is C12H15NO3. The van der Waals surface area contributed by atoms with E-state index in [-0.39, 0.29) is 24.3 Å². The summed E-state index contributed by atoms with van der Waals surface area (Å²) in [5.74, 6) is -0.0647. The van der Waals surface area contributed by atoms with Crippen molar-refractivity contribution < 1.29 is 15.0 Å². The lowest BCUT2D eigenvalue weighted by Crippen LogP contribution is -2.33. The summed E-state index contributed by atoms with van der Waals surface area (Å²) in [7, 11) is 0. The Bertz CT molecular complexity index is 370. The minimum atomic E-state index is -0.255. The summed E-state index contributed by atoms with van der Waals surface area (Å²) in [6, 6.07) is 6.25. The fraction of sp³-hybridized carbons (Fsp3) is 0.250. The van der Waals surface area contributed by atoms with Crippen LogP contribution in [0.3, 0.4) is 0 Å². The number of nitrogens with one attached hydrogen (secondary N) is 1. The quantitative estimate of drug-likeness (QED) is 0.662. The lowest BCUT2D eigenvalue weighted by atomic mass is 10.2. The molecule has 0 saturated heterocycles. The van der Waals surface area contributed by atoms with E-state index >= 15 is 0 Å². The molecule has 16 heavy (non-hydrogen) atoms. The third-order valence-electron chi connectivity index (χ3n) is 1.98. The molecule has 0 heterocycles. The summed E-state index contributed by atoms with van der Waals surface area (Å²) in [6.45, 7) is 1.63. The summed E-state index contributed by atoms with van der Waals surface area (Å²) < 4.78 is 0. The molecule has 0 spiro atoms. The Hall–Kier alpha value is -1.81. The second-order valence-electron chi connectivity index (χ2n) is 3.52. The maximum absolute atomic E-state index is 11.3. The molecule has 1 aromatic carbocycles. The number of phenols is 1. The average molecular weight is 221 g/mol. The molecule has 0 bridgehead atoms. The van der Waals surface area contributed by atoms with Crippen LogP contribution in [0, 0.1) is 0 Å². The van der Waals surface area contributed by atoms with E-state index in [9.17, 15) is 4.79 Å². The Labute approximate surface area is 94.2 Å². The van der Waals surface area contributed by atoms with E-state index in [1.807, 2.05) is 0 Å². The zero-order valence-electron chi connectivity index (χ0n) is 9.05. The van der Waals surface area contributed by atoms with E-state index in [0.29, 0.717) is 0 Å². The maximum Gasteiger partial charge on any atom is 0.244 e. The summed E-state index contributed by atoms with van der Waals surface area (Å²) in [5.41, 5.74) is 0.824. The van der Waals surface area contributed by atoms with Gasteiger partial charge in [-0.15, -0.1) is 0 Å². The van der Waals surface area contributed by atoms with Gasteiger partial charge in [0.05, 0.1) is 6.61 Å². The van der Waals surface area contributed by atoms with Gasteiger partial charge in [-0.3, -0.25) is 4.79 Å². The van der Waals surface area contributed by atoms with Crippen LogP contribution in [0.25, 0.3) is 6.08 Å². The molecule has 0 saturated carbocycles. The predicted octanol–water partition coefficient (Wildman–Crippen LogP) is 0.902. The van der Waals surface area contributed by atoms with E-state index in [1.54, 1.807) is 37.3 Å². The van der Waals surface area contributed by atoms with Gasteiger partial charge in [0, 0.05) is 12.1 Å². The standard InChI is InChI=1S/C12H15NO3/c1-9(8-14)13-12(16)7-4-10-2-5-11(15)6-3-10/h2-7,9,14-15H,8H2,1H3,(H,13,16)/b7-4+. The van der Waals surface area contributed by atoms with Crippen LogP contribution in [0.4, 0.5) is 0 Å². The normalized spacial score (nSPS) is 12.6. The van der Waals surface area contributed by atoms with Crippen LogP contribution in [0.15, 0.2) is 30.3 Å². The van der Waals surface area contributed by atoms with Gasteiger partial charge in [-0.25, -0.2) is 0 Å². The zero-order chi connectivity index (χ0) is 12.0. The Balaban J connectivity index is 2.53. The first-order chi connectivity index (χ1) is 7.61. The molecule has 3 N–H and O–H groups in total. The van der Waals surface area contributed by atoms with Crippen molar-refractivity contribution >= 4 is 12.0 Å². The van der Waals surface area contributed by atoms with Crippen LogP contribution in [0.1, 0.15) is 12.5 Å². The Kier molecular flexibility index (Phi) is 4.54. The van der Waals surface area contributed by atoms with E-state index in [1.165, 1.54) is 6.08 Å². The van der Waals surface area contributed by atoms with E-state index in [0.717, 1.165) is 5.56 Å². The highest BCUT2D eigenvalue weighted by Crippen LogP contribution is 2.10. The van der Waals surface area contributed by atoms with Crippen molar-refractivity contribution in [2.24, 2.45) is 0 Å². The first kappa shape index (κ1) is 12.3. The predicted molar refractivity (Wildman–Crippen MR) is 61.8 cm³/mol. The van der Waals surface area contributed by atoms with Crippen LogP contribution in [0.5, 0.6) is 5.75 Å². The van der Waals surface area contributed by atoms with Crippen molar-refractivity contribution in [3.05, 3.63) is 35.9 Å². The van der Waals surface area contributed by atoms with E-state index < -0.39 is 0 Å². The highest BCUT2D eigenvalue weighted by atomic mass is 16.3. The smallest absolute Gasteiger partial charge is 0.244 e. The SMILES string of the molecule is CC(CO)NC(=O)/C=C/c1ccc(O)cc1. The first-order valence-corrected chi connectivity index (χ1v) is 5.00. The fourth-order valence-corrected chi connectivity index (χ4v) is 1.09. The lowest BCUT2D eigenvalue weighted by Gasteiger charge is -2.07. The van der Waals surface area contributed by atoms with Crippen molar-refractivity contribution in [2.45, 2.75) is 13.0 Å². The number of aliphatic hydroxyl groups is 1. The van der Waals surface area contributed by atoms with Gasteiger partial charge in [-0.2, -0.15) is 0 Å². The third-order valence-corrected chi connectivity index (χ3v) is 1.98. The Morgan fingerprint density at radius 2 is 2.06 bits per heavy atom. The molecule has 1 aromatic rings. The molecular weight excluding hydrogens is 206 g/mol. The topological polar surface area (TPSA) is 69.6 Å². The number of aromatic hydroxyl groups is 1. The van der Waals surface area contributed by atoms with E-state index in [4.69, 9.17) is 10.2 Å². The molecule has 1 amide bonds. The number of benzene rings is 1. The fourth-order valence-electron chi connectivity index (χ4n) is 1.09. The molecule has 1 atom stereocenters. The van der Waals surface area contributed by atoms with Crippen molar-refractivity contribution in [1.82, 2.24) is 5.32 Å². The average Bonchev–Trinajstić information content (AvgIpc) is 2.28.